The van der Waals surface area contributed by atoms with E-state index in [1.807, 2.05) is 6.07 Å². The summed E-state index contributed by atoms with van der Waals surface area (Å²) in [5.74, 6) is 0. The van der Waals surface area contributed by atoms with E-state index in [2.05, 4.69) is 206 Å². The van der Waals surface area contributed by atoms with Gasteiger partial charge in [0.1, 0.15) is 0 Å². The first kappa shape index (κ1) is 31.1. The van der Waals surface area contributed by atoms with Crippen LogP contribution in [0.2, 0.25) is 0 Å². The first-order valence-electron chi connectivity index (χ1n) is 18.4. The molecule has 0 amide bonds. The highest BCUT2D eigenvalue weighted by atomic mass is 15.0. The molecule has 53 heavy (non-hydrogen) atoms. The molecule has 9 aromatic rings. The third-order valence-electron chi connectivity index (χ3n) is 11.2. The van der Waals surface area contributed by atoms with Crippen LogP contribution in [0.25, 0.3) is 72.0 Å². The second-order valence-electron chi connectivity index (χ2n) is 14.7. The van der Waals surface area contributed by atoms with Gasteiger partial charge in [-0.05, 0) is 111 Å². The SMILES string of the molecule is CC1(C)c2ccccc2-c2cc3c(cc21)c1cc(-c2ccc(Nc4ccccc4)c(-c4ccccc4)c2)ccc1n3-c1ccc(-c2ccccc2)cc1. The minimum atomic E-state index is -0.0876. The van der Waals surface area contributed by atoms with E-state index in [-0.39, 0.29) is 5.41 Å². The molecule has 2 nitrogen and oxygen atoms in total. The molecular weight excluding hydrogens is 641 g/mol. The molecule has 0 unspecified atom stereocenters. The van der Waals surface area contributed by atoms with Crippen molar-refractivity contribution in [1.29, 1.82) is 0 Å². The van der Waals surface area contributed by atoms with Gasteiger partial charge in [-0.3, -0.25) is 0 Å². The van der Waals surface area contributed by atoms with E-state index < -0.39 is 0 Å². The van der Waals surface area contributed by atoms with Crippen LogP contribution >= 0.6 is 0 Å². The highest BCUT2D eigenvalue weighted by Crippen LogP contribution is 2.51. The molecule has 1 aliphatic rings. The molecule has 1 heterocycles. The molecule has 0 radical (unpaired) electrons. The Kier molecular flexibility index (Phi) is 7.19. The molecule has 0 fully saturated rings. The maximum atomic E-state index is 3.68. The minimum Gasteiger partial charge on any atom is -0.355 e. The molecule has 0 saturated carbocycles. The Labute approximate surface area is 310 Å². The molecule has 0 atom stereocenters. The van der Waals surface area contributed by atoms with E-state index in [0.29, 0.717) is 0 Å². The topological polar surface area (TPSA) is 17.0 Å². The average molecular weight is 679 g/mol. The number of anilines is 2. The van der Waals surface area contributed by atoms with Gasteiger partial charge in [0.2, 0.25) is 0 Å². The monoisotopic (exact) mass is 678 g/mol. The van der Waals surface area contributed by atoms with Gasteiger partial charge in [-0.15, -0.1) is 0 Å². The molecule has 0 aliphatic heterocycles. The predicted octanol–water partition coefficient (Wildman–Crippen LogP) is 13.8. The van der Waals surface area contributed by atoms with Crippen molar-refractivity contribution < 1.29 is 0 Å². The van der Waals surface area contributed by atoms with Crippen molar-refractivity contribution in [3.8, 4) is 50.2 Å². The number of benzene rings is 8. The molecule has 0 bridgehead atoms. The maximum Gasteiger partial charge on any atom is 0.0547 e. The fraction of sp³-hybridized carbons (Fsp3) is 0.0588. The van der Waals surface area contributed by atoms with Gasteiger partial charge >= 0.3 is 0 Å². The smallest absolute Gasteiger partial charge is 0.0547 e. The lowest BCUT2D eigenvalue weighted by Gasteiger charge is -2.21. The molecule has 0 saturated heterocycles. The molecule has 2 heteroatoms. The number of nitrogens with zero attached hydrogens (tertiary/aromatic N) is 1. The summed E-state index contributed by atoms with van der Waals surface area (Å²) in [6.45, 7) is 4.74. The van der Waals surface area contributed by atoms with Crippen LogP contribution < -0.4 is 5.32 Å². The lowest BCUT2D eigenvalue weighted by Crippen LogP contribution is -2.14. The Hall–Kier alpha value is -6.64. The summed E-state index contributed by atoms with van der Waals surface area (Å²) in [5, 5.41) is 6.21. The van der Waals surface area contributed by atoms with Crippen LogP contribution in [0.5, 0.6) is 0 Å². The molecule has 252 valence electrons. The molecular formula is C51H38N2. The number of hydrogen-bond donors (Lipinski definition) is 1. The van der Waals surface area contributed by atoms with Crippen molar-refractivity contribution in [3.63, 3.8) is 0 Å². The van der Waals surface area contributed by atoms with Crippen LogP contribution in [-0.2, 0) is 5.41 Å². The third-order valence-corrected chi connectivity index (χ3v) is 11.2. The second kappa shape index (κ2) is 12.3. The summed E-state index contributed by atoms with van der Waals surface area (Å²) in [6.07, 6.45) is 0. The van der Waals surface area contributed by atoms with Crippen molar-refractivity contribution in [1.82, 2.24) is 4.57 Å². The Morgan fingerprint density at radius 1 is 0.396 bits per heavy atom. The third kappa shape index (κ3) is 5.18. The van der Waals surface area contributed by atoms with Crippen molar-refractivity contribution >= 4 is 33.2 Å². The normalized spacial score (nSPS) is 12.9. The Morgan fingerprint density at radius 2 is 0.981 bits per heavy atom. The molecule has 8 aromatic carbocycles. The molecule has 1 aliphatic carbocycles. The zero-order chi connectivity index (χ0) is 35.5. The van der Waals surface area contributed by atoms with Gasteiger partial charge in [-0.2, -0.15) is 0 Å². The van der Waals surface area contributed by atoms with Crippen LogP contribution in [-0.4, -0.2) is 4.57 Å². The van der Waals surface area contributed by atoms with Gasteiger partial charge in [-0.25, -0.2) is 0 Å². The number of aromatic nitrogens is 1. The summed E-state index contributed by atoms with van der Waals surface area (Å²) in [7, 11) is 0. The zero-order valence-electron chi connectivity index (χ0n) is 29.8. The Balaban J connectivity index is 1.17. The van der Waals surface area contributed by atoms with E-state index in [0.717, 1.165) is 17.1 Å². The van der Waals surface area contributed by atoms with E-state index in [1.54, 1.807) is 0 Å². The van der Waals surface area contributed by atoms with Crippen molar-refractivity contribution in [2.75, 3.05) is 5.32 Å². The second-order valence-corrected chi connectivity index (χ2v) is 14.7. The van der Waals surface area contributed by atoms with Crippen LogP contribution in [0.1, 0.15) is 25.0 Å². The summed E-state index contributed by atoms with van der Waals surface area (Å²) < 4.78 is 2.46. The van der Waals surface area contributed by atoms with Crippen LogP contribution in [0.3, 0.4) is 0 Å². The van der Waals surface area contributed by atoms with E-state index in [4.69, 9.17) is 0 Å². The van der Waals surface area contributed by atoms with Gasteiger partial charge in [0, 0.05) is 38.8 Å². The number of fused-ring (bicyclic) bond motifs is 6. The van der Waals surface area contributed by atoms with Crippen LogP contribution in [0.4, 0.5) is 11.4 Å². The van der Waals surface area contributed by atoms with Gasteiger partial charge < -0.3 is 9.88 Å². The number of para-hydroxylation sites is 1. The van der Waals surface area contributed by atoms with Crippen molar-refractivity contribution in [2.24, 2.45) is 0 Å². The summed E-state index contributed by atoms with van der Waals surface area (Å²) in [4.78, 5) is 0. The standard InChI is InChI=1S/C51H38N2/c1-51(2)46-21-13-12-20-41(46)43-33-50-45(32-47(43)51)44-31-38(25-29-49(44)53(50)40-26-22-35(23-27-40)34-14-6-3-7-15-34)37-24-28-48(52-39-18-10-5-11-19-39)42(30-37)36-16-8-4-9-17-36/h3-33,52H,1-2H3. The van der Waals surface area contributed by atoms with Crippen LogP contribution in [0, 0.1) is 0 Å². The van der Waals surface area contributed by atoms with Crippen molar-refractivity contribution in [3.05, 3.63) is 199 Å². The molecule has 0 spiro atoms. The molecule has 1 N–H and O–H groups in total. The van der Waals surface area contributed by atoms with Gasteiger partial charge in [0.15, 0.2) is 0 Å². The number of nitrogens with one attached hydrogen (secondary N) is 1. The highest BCUT2D eigenvalue weighted by molar-refractivity contribution is 6.12. The first-order chi connectivity index (χ1) is 26.0. The molecule has 10 rings (SSSR count). The van der Waals surface area contributed by atoms with Crippen LogP contribution in [0.15, 0.2) is 188 Å². The number of hydrogen-bond acceptors (Lipinski definition) is 1. The fourth-order valence-electron chi connectivity index (χ4n) is 8.47. The Bertz CT molecular complexity index is 2790. The van der Waals surface area contributed by atoms with E-state index >= 15 is 0 Å². The predicted molar refractivity (Wildman–Crippen MR) is 224 cm³/mol. The zero-order valence-corrected chi connectivity index (χ0v) is 29.8. The van der Waals surface area contributed by atoms with Gasteiger partial charge in [0.25, 0.3) is 0 Å². The lowest BCUT2D eigenvalue weighted by molar-refractivity contribution is 0.661. The fourth-order valence-corrected chi connectivity index (χ4v) is 8.47. The van der Waals surface area contributed by atoms with E-state index in [1.165, 1.54) is 77.4 Å². The molecule has 1 aromatic heterocycles. The highest BCUT2D eigenvalue weighted by Gasteiger charge is 2.36. The summed E-state index contributed by atoms with van der Waals surface area (Å²) in [6, 6.07) is 68.4. The number of rotatable bonds is 6. The van der Waals surface area contributed by atoms with Gasteiger partial charge in [-0.1, -0.05) is 141 Å². The summed E-state index contributed by atoms with van der Waals surface area (Å²) >= 11 is 0. The lowest BCUT2D eigenvalue weighted by atomic mass is 9.82. The average Bonchev–Trinajstić information content (AvgIpc) is 3.65. The largest absolute Gasteiger partial charge is 0.355 e. The van der Waals surface area contributed by atoms with Crippen molar-refractivity contribution in [2.45, 2.75) is 19.3 Å². The summed E-state index contributed by atoms with van der Waals surface area (Å²) in [5.41, 5.74) is 18.3. The van der Waals surface area contributed by atoms with E-state index in [9.17, 15) is 0 Å². The maximum absolute atomic E-state index is 3.68. The minimum absolute atomic E-state index is 0.0876. The Morgan fingerprint density at radius 3 is 1.74 bits per heavy atom. The van der Waals surface area contributed by atoms with Gasteiger partial charge in [0.05, 0.1) is 11.0 Å². The first-order valence-corrected chi connectivity index (χ1v) is 18.4. The quantitative estimate of drug-likeness (QED) is 0.185.